The number of thioether (sulfide) groups is 1. The second kappa shape index (κ2) is 10.8. The number of hydrogen-bond acceptors (Lipinski definition) is 5. The predicted molar refractivity (Wildman–Crippen MR) is 142 cm³/mol. The minimum Gasteiger partial charge on any atom is -0.493 e. The molecule has 2 amide bonds. The van der Waals surface area contributed by atoms with Crippen LogP contribution in [-0.4, -0.2) is 23.2 Å². The van der Waals surface area contributed by atoms with Crippen molar-refractivity contribution in [2.24, 2.45) is 0 Å². The molecule has 1 aliphatic heterocycles. The third kappa shape index (κ3) is 5.62. The molecule has 0 aliphatic carbocycles. The zero-order chi connectivity index (χ0) is 23.4. The molecule has 0 N–H and O–H groups in total. The van der Waals surface area contributed by atoms with Crippen LogP contribution in [0.4, 0.5) is 4.79 Å². The van der Waals surface area contributed by atoms with Crippen LogP contribution in [-0.2, 0) is 17.9 Å². The molecule has 0 bridgehead atoms. The fourth-order valence-corrected chi connectivity index (χ4v) is 5.31. The molecule has 3 aromatic rings. The first kappa shape index (κ1) is 23.8. The van der Waals surface area contributed by atoms with Crippen LogP contribution in [0, 0.1) is 3.57 Å². The molecular weight excluding hydrogens is 617 g/mol. The fourth-order valence-electron chi connectivity index (χ4n) is 3.28. The van der Waals surface area contributed by atoms with Crippen LogP contribution in [0.2, 0.25) is 0 Å². The van der Waals surface area contributed by atoms with E-state index < -0.39 is 0 Å². The van der Waals surface area contributed by atoms with Crippen LogP contribution < -0.4 is 9.47 Å². The number of carbonyl (C=O) groups is 2. The molecule has 0 aromatic heterocycles. The number of rotatable bonds is 7. The van der Waals surface area contributed by atoms with Gasteiger partial charge in [-0.3, -0.25) is 14.5 Å². The van der Waals surface area contributed by atoms with Gasteiger partial charge >= 0.3 is 0 Å². The Bertz CT molecular complexity index is 1230. The summed E-state index contributed by atoms with van der Waals surface area (Å²) in [6.07, 6.45) is 1.72. The topological polar surface area (TPSA) is 55.8 Å². The summed E-state index contributed by atoms with van der Waals surface area (Å²) in [5.41, 5.74) is 2.69. The van der Waals surface area contributed by atoms with Gasteiger partial charge in [0.1, 0.15) is 6.61 Å². The lowest BCUT2D eigenvalue weighted by Crippen LogP contribution is -2.27. The van der Waals surface area contributed by atoms with Crippen LogP contribution in [0.5, 0.6) is 11.5 Å². The molecule has 8 heteroatoms. The van der Waals surface area contributed by atoms with Gasteiger partial charge in [-0.05, 0) is 75.3 Å². The zero-order valence-corrected chi connectivity index (χ0v) is 22.1. The molecule has 168 valence electrons. The molecule has 1 heterocycles. The molecule has 33 heavy (non-hydrogen) atoms. The van der Waals surface area contributed by atoms with Gasteiger partial charge in [-0.1, -0.05) is 64.5 Å². The standard InChI is InChI=1S/C25H19BrINO4S/c1-31-21-12-17(11-20(27)23(21)32-15-16-7-3-2-4-8-16)13-22-24(29)28(25(30)33-22)14-18-9-5-6-10-19(18)26/h2-13H,14-15H2,1H3/b22-13-. The van der Waals surface area contributed by atoms with Gasteiger partial charge in [0.2, 0.25) is 0 Å². The Morgan fingerprint density at radius 3 is 2.52 bits per heavy atom. The number of nitrogens with zero attached hydrogens (tertiary/aromatic N) is 1. The zero-order valence-electron chi connectivity index (χ0n) is 17.6. The Hall–Kier alpha value is -2.30. The van der Waals surface area contributed by atoms with Crippen molar-refractivity contribution >= 4 is 67.5 Å². The van der Waals surface area contributed by atoms with Gasteiger partial charge in [0, 0.05) is 4.47 Å². The molecule has 1 saturated heterocycles. The minimum atomic E-state index is -0.306. The van der Waals surface area contributed by atoms with Gasteiger partial charge < -0.3 is 9.47 Å². The fraction of sp³-hybridized carbons (Fsp3) is 0.120. The monoisotopic (exact) mass is 635 g/mol. The molecule has 5 nitrogen and oxygen atoms in total. The van der Waals surface area contributed by atoms with Gasteiger partial charge in [0.05, 0.1) is 22.1 Å². The average Bonchev–Trinajstić information content (AvgIpc) is 3.07. The van der Waals surface area contributed by atoms with E-state index in [1.165, 1.54) is 4.90 Å². The summed E-state index contributed by atoms with van der Waals surface area (Å²) in [6.45, 7) is 0.636. The van der Waals surface area contributed by atoms with Crippen molar-refractivity contribution in [1.82, 2.24) is 4.90 Å². The Kier molecular flexibility index (Phi) is 7.77. The number of hydrogen-bond donors (Lipinski definition) is 0. The minimum absolute atomic E-state index is 0.219. The van der Waals surface area contributed by atoms with E-state index in [0.29, 0.717) is 23.0 Å². The van der Waals surface area contributed by atoms with Crippen molar-refractivity contribution in [2.45, 2.75) is 13.2 Å². The van der Waals surface area contributed by atoms with E-state index in [4.69, 9.17) is 9.47 Å². The first-order chi connectivity index (χ1) is 16.0. The first-order valence-corrected chi connectivity index (χ1v) is 12.7. The molecule has 0 atom stereocenters. The number of ether oxygens (including phenoxy) is 2. The summed E-state index contributed by atoms with van der Waals surface area (Å²) in [4.78, 5) is 27.1. The van der Waals surface area contributed by atoms with E-state index in [9.17, 15) is 9.59 Å². The van der Waals surface area contributed by atoms with E-state index in [-0.39, 0.29) is 17.7 Å². The number of carbonyl (C=O) groups excluding carboxylic acids is 2. The number of benzene rings is 3. The Balaban J connectivity index is 1.54. The predicted octanol–water partition coefficient (Wildman–Crippen LogP) is 6.88. The van der Waals surface area contributed by atoms with Crippen molar-refractivity contribution in [2.75, 3.05) is 7.11 Å². The quantitative estimate of drug-likeness (QED) is 0.209. The van der Waals surface area contributed by atoms with E-state index in [2.05, 4.69) is 38.5 Å². The Labute approximate surface area is 218 Å². The number of imide groups is 1. The molecular formula is C25H19BrINO4S. The van der Waals surface area contributed by atoms with Crippen LogP contribution in [0.1, 0.15) is 16.7 Å². The maximum Gasteiger partial charge on any atom is 0.293 e. The van der Waals surface area contributed by atoms with E-state index in [1.54, 1.807) is 13.2 Å². The lowest BCUT2D eigenvalue weighted by molar-refractivity contribution is -0.123. The summed E-state index contributed by atoms with van der Waals surface area (Å²) < 4.78 is 13.3. The van der Waals surface area contributed by atoms with E-state index in [1.807, 2.05) is 66.7 Å². The van der Waals surface area contributed by atoms with Gasteiger partial charge in [0.15, 0.2) is 11.5 Å². The second-order valence-corrected chi connectivity index (χ2v) is 10.2. The second-order valence-electron chi connectivity index (χ2n) is 7.17. The highest BCUT2D eigenvalue weighted by Gasteiger charge is 2.35. The molecule has 0 radical (unpaired) electrons. The van der Waals surface area contributed by atoms with Gasteiger partial charge in [-0.15, -0.1) is 0 Å². The van der Waals surface area contributed by atoms with Crippen molar-refractivity contribution in [3.8, 4) is 11.5 Å². The molecule has 1 aliphatic rings. The van der Waals surface area contributed by atoms with Crippen molar-refractivity contribution < 1.29 is 19.1 Å². The van der Waals surface area contributed by atoms with Crippen molar-refractivity contribution in [3.05, 3.63) is 96.4 Å². The molecule has 0 saturated carbocycles. The molecule has 3 aromatic carbocycles. The normalized spacial score (nSPS) is 14.8. The lowest BCUT2D eigenvalue weighted by Gasteiger charge is -2.14. The summed E-state index contributed by atoms with van der Waals surface area (Å²) in [5.74, 6) is 0.900. The van der Waals surface area contributed by atoms with E-state index >= 15 is 0 Å². The Morgan fingerprint density at radius 1 is 1.06 bits per heavy atom. The smallest absolute Gasteiger partial charge is 0.293 e. The highest BCUT2D eigenvalue weighted by atomic mass is 127. The van der Waals surface area contributed by atoms with Crippen molar-refractivity contribution in [1.29, 1.82) is 0 Å². The molecule has 4 rings (SSSR count). The average molecular weight is 636 g/mol. The first-order valence-electron chi connectivity index (χ1n) is 9.99. The molecule has 0 spiro atoms. The molecule has 1 fully saturated rings. The van der Waals surface area contributed by atoms with Crippen LogP contribution in [0.15, 0.2) is 76.1 Å². The Morgan fingerprint density at radius 2 is 1.79 bits per heavy atom. The number of halogens is 2. The SMILES string of the molecule is COc1cc(/C=C2\SC(=O)N(Cc3ccccc3Br)C2=O)cc(I)c1OCc1ccccc1. The van der Waals surface area contributed by atoms with Gasteiger partial charge in [-0.2, -0.15) is 0 Å². The maximum atomic E-state index is 12.9. The molecule has 0 unspecified atom stereocenters. The largest absolute Gasteiger partial charge is 0.493 e. The lowest BCUT2D eigenvalue weighted by atomic mass is 10.1. The summed E-state index contributed by atoms with van der Waals surface area (Å²) in [5, 5.41) is -0.286. The van der Waals surface area contributed by atoms with E-state index in [0.717, 1.165) is 36.5 Å². The van der Waals surface area contributed by atoms with Crippen LogP contribution in [0.25, 0.3) is 6.08 Å². The van der Waals surface area contributed by atoms with Gasteiger partial charge in [-0.25, -0.2) is 0 Å². The number of amides is 2. The number of methoxy groups -OCH3 is 1. The third-order valence-electron chi connectivity index (χ3n) is 4.94. The summed E-state index contributed by atoms with van der Waals surface area (Å²) in [6, 6.07) is 21.2. The third-order valence-corrected chi connectivity index (χ3v) is 7.42. The van der Waals surface area contributed by atoms with Crippen LogP contribution >= 0.6 is 50.3 Å². The summed E-state index contributed by atoms with van der Waals surface area (Å²) in [7, 11) is 1.58. The maximum absolute atomic E-state index is 12.9. The van der Waals surface area contributed by atoms with Crippen LogP contribution in [0.3, 0.4) is 0 Å². The summed E-state index contributed by atoms with van der Waals surface area (Å²) >= 11 is 6.60. The van der Waals surface area contributed by atoms with Crippen molar-refractivity contribution in [3.63, 3.8) is 0 Å². The highest BCUT2D eigenvalue weighted by molar-refractivity contribution is 14.1. The van der Waals surface area contributed by atoms with Gasteiger partial charge in [0.25, 0.3) is 11.1 Å². The highest BCUT2D eigenvalue weighted by Crippen LogP contribution is 2.38.